The number of para-hydroxylation sites is 1. The Kier molecular flexibility index (Phi) is 4.73. The van der Waals surface area contributed by atoms with Crippen LogP contribution in [0.15, 0.2) is 60.8 Å². The van der Waals surface area contributed by atoms with Crippen LogP contribution in [-0.4, -0.2) is 46.1 Å². The molecule has 1 fully saturated rings. The third kappa shape index (κ3) is 3.49. The molecule has 2 aromatic carbocycles. The average Bonchev–Trinajstić information content (AvgIpc) is 3.29. The van der Waals surface area contributed by atoms with E-state index in [-0.39, 0.29) is 6.10 Å². The summed E-state index contributed by atoms with van der Waals surface area (Å²) in [6.45, 7) is 2.40. The Bertz CT molecular complexity index is 876. The summed E-state index contributed by atoms with van der Waals surface area (Å²) in [5.74, 6) is 0.819. The quantitative estimate of drug-likeness (QED) is 0.769. The van der Waals surface area contributed by atoms with Gasteiger partial charge in [0.25, 0.3) is 0 Å². The molecule has 134 valence electrons. The molecule has 3 aromatic rings. The van der Waals surface area contributed by atoms with Crippen LogP contribution in [0, 0.1) is 0 Å². The number of β-amino-alcohol motifs (C(OH)–C–C–N with tert-alkyl or cyclic N) is 1. The minimum absolute atomic E-state index is 0.223. The van der Waals surface area contributed by atoms with Crippen molar-refractivity contribution in [2.24, 2.45) is 0 Å². The third-order valence-corrected chi connectivity index (χ3v) is 4.80. The molecule has 0 amide bonds. The minimum atomic E-state index is -0.223. The number of likely N-dealkylation sites (tertiary alicyclic amines) is 1. The van der Waals surface area contributed by atoms with E-state index in [1.54, 1.807) is 7.11 Å². The Labute approximate surface area is 153 Å². The van der Waals surface area contributed by atoms with Crippen molar-refractivity contribution in [3.05, 3.63) is 66.4 Å². The number of aliphatic hydroxyl groups is 1. The minimum Gasteiger partial charge on any atom is -0.497 e. The van der Waals surface area contributed by atoms with E-state index >= 15 is 0 Å². The number of aromatic nitrogens is 2. The van der Waals surface area contributed by atoms with Crippen LogP contribution in [0.1, 0.15) is 12.0 Å². The van der Waals surface area contributed by atoms with E-state index in [1.807, 2.05) is 53.2 Å². The van der Waals surface area contributed by atoms with Crippen LogP contribution < -0.4 is 4.74 Å². The monoisotopic (exact) mass is 349 g/mol. The van der Waals surface area contributed by atoms with Crippen LogP contribution in [0.2, 0.25) is 0 Å². The maximum Gasteiger partial charge on any atom is 0.119 e. The second-order valence-electron chi connectivity index (χ2n) is 6.69. The topological polar surface area (TPSA) is 50.5 Å². The van der Waals surface area contributed by atoms with Crippen molar-refractivity contribution < 1.29 is 9.84 Å². The lowest BCUT2D eigenvalue weighted by Crippen LogP contribution is -2.21. The Morgan fingerprint density at radius 3 is 2.73 bits per heavy atom. The van der Waals surface area contributed by atoms with Gasteiger partial charge in [-0.1, -0.05) is 30.3 Å². The van der Waals surface area contributed by atoms with Gasteiger partial charge in [-0.3, -0.25) is 4.90 Å². The summed E-state index contributed by atoms with van der Waals surface area (Å²) >= 11 is 0. The van der Waals surface area contributed by atoms with Gasteiger partial charge in [-0.25, -0.2) is 4.68 Å². The summed E-state index contributed by atoms with van der Waals surface area (Å²) in [6, 6.07) is 18.1. The van der Waals surface area contributed by atoms with Crippen LogP contribution in [0.25, 0.3) is 16.9 Å². The lowest BCUT2D eigenvalue weighted by molar-refractivity contribution is 0.175. The number of nitrogens with zero attached hydrogens (tertiary/aromatic N) is 3. The molecular weight excluding hydrogens is 326 g/mol. The Morgan fingerprint density at radius 1 is 1.15 bits per heavy atom. The van der Waals surface area contributed by atoms with E-state index in [4.69, 9.17) is 9.84 Å². The van der Waals surface area contributed by atoms with Gasteiger partial charge in [0, 0.05) is 37.0 Å². The van der Waals surface area contributed by atoms with Gasteiger partial charge >= 0.3 is 0 Å². The first-order valence-electron chi connectivity index (χ1n) is 8.92. The van der Waals surface area contributed by atoms with Gasteiger partial charge in [-0.2, -0.15) is 5.10 Å². The van der Waals surface area contributed by atoms with Gasteiger partial charge in [-0.05, 0) is 30.7 Å². The summed E-state index contributed by atoms with van der Waals surface area (Å²) in [5, 5.41) is 14.7. The van der Waals surface area contributed by atoms with E-state index in [9.17, 15) is 5.11 Å². The molecule has 1 aliphatic rings. The molecule has 0 unspecified atom stereocenters. The Hall–Kier alpha value is -2.63. The molecule has 5 nitrogen and oxygen atoms in total. The average molecular weight is 349 g/mol. The van der Waals surface area contributed by atoms with Crippen LogP contribution in [-0.2, 0) is 6.54 Å². The SMILES string of the molecule is COc1cccc(-c2nn(-c3ccccc3)cc2CN2CC[C@@H](O)C2)c1. The molecule has 0 radical (unpaired) electrons. The predicted molar refractivity (Wildman–Crippen MR) is 101 cm³/mol. The summed E-state index contributed by atoms with van der Waals surface area (Å²) < 4.78 is 7.30. The van der Waals surface area contributed by atoms with Crippen LogP contribution in [0.4, 0.5) is 0 Å². The summed E-state index contributed by atoms with van der Waals surface area (Å²) in [7, 11) is 1.67. The third-order valence-electron chi connectivity index (χ3n) is 4.80. The summed E-state index contributed by atoms with van der Waals surface area (Å²) in [4.78, 5) is 2.28. The maximum atomic E-state index is 9.84. The molecule has 1 aromatic heterocycles. The van der Waals surface area contributed by atoms with E-state index < -0.39 is 0 Å². The number of hydrogen-bond acceptors (Lipinski definition) is 4. The molecule has 0 bridgehead atoms. The molecule has 26 heavy (non-hydrogen) atoms. The first-order valence-corrected chi connectivity index (χ1v) is 8.92. The van der Waals surface area contributed by atoms with E-state index in [2.05, 4.69) is 17.2 Å². The van der Waals surface area contributed by atoms with Gasteiger partial charge in [0.15, 0.2) is 0 Å². The van der Waals surface area contributed by atoms with Gasteiger partial charge in [0.1, 0.15) is 5.75 Å². The summed E-state index contributed by atoms with van der Waals surface area (Å²) in [6.07, 6.45) is 2.70. The fraction of sp³-hybridized carbons (Fsp3) is 0.286. The van der Waals surface area contributed by atoms with Crippen molar-refractivity contribution in [1.29, 1.82) is 0 Å². The van der Waals surface area contributed by atoms with Crippen molar-refractivity contribution in [2.75, 3.05) is 20.2 Å². The number of ether oxygens (including phenoxy) is 1. The number of methoxy groups -OCH3 is 1. The molecule has 0 saturated carbocycles. The molecule has 1 aliphatic heterocycles. The standard InChI is InChI=1S/C21H23N3O2/c1-26-20-9-5-6-16(12-20)21-17(13-23-11-10-19(25)15-23)14-24(22-21)18-7-3-2-4-8-18/h2-9,12,14,19,25H,10-11,13,15H2,1H3/t19-/m1/s1. The highest BCUT2D eigenvalue weighted by molar-refractivity contribution is 5.65. The molecule has 0 spiro atoms. The lowest BCUT2D eigenvalue weighted by Gasteiger charge is -2.14. The fourth-order valence-corrected chi connectivity index (χ4v) is 3.45. The predicted octanol–water partition coefficient (Wildman–Crippen LogP) is 3.11. The van der Waals surface area contributed by atoms with E-state index in [0.717, 1.165) is 47.8 Å². The van der Waals surface area contributed by atoms with Crippen molar-refractivity contribution in [1.82, 2.24) is 14.7 Å². The second kappa shape index (κ2) is 7.32. The number of benzene rings is 2. The van der Waals surface area contributed by atoms with Crippen molar-refractivity contribution in [3.63, 3.8) is 0 Å². The number of hydrogen-bond donors (Lipinski definition) is 1. The molecule has 5 heteroatoms. The van der Waals surface area contributed by atoms with Crippen LogP contribution in [0.3, 0.4) is 0 Å². The zero-order chi connectivity index (χ0) is 17.9. The van der Waals surface area contributed by atoms with E-state index in [1.165, 1.54) is 0 Å². The fourth-order valence-electron chi connectivity index (χ4n) is 3.45. The maximum absolute atomic E-state index is 9.84. The highest BCUT2D eigenvalue weighted by atomic mass is 16.5. The van der Waals surface area contributed by atoms with Crippen molar-refractivity contribution in [3.8, 4) is 22.7 Å². The van der Waals surface area contributed by atoms with Crippen LogP contribution >= 0.6 is 0 Å². The molecule has 0 aliphatic carbocycles. The smallest absolute Gasteiger partial charge is 0.119 e. The summed E-state index contributed by atoms with van der Waals surface area (Å²) in [5.41, 5.74) is 4.17. The zero-order valence-electron chi connectivity index (χ0n) is 14.9. The van der Waals surface area contributed by atoms with Gasteiger partial charge < -0.3 is 9.84 Å². The van der Waals surface area contributed by atoms with Gasteiger partial charge in [-0.15, -0.1) is 0 Å². The molecule has 1 saturated heterocycles. The van der Waals surface area contributed by atoms with E-state index in [0.29, 0.717) is 6.54 Å². The highest BCUT2D eigenvalue weighted by Crippen LogP contribution is 2.28. The largest absolute Gasteiger partial charge is 0.497 e. The lowest BCUT2D eigenvalue weighted by atomic mass is 10.1. The first kappa shape index (κ1) is 16.8. The molecule has 1 N–H and O–H groups in total. The van der Waals surface area contributed by atoms with Crippen LogP contribution in [0.5, 0.6) is 5.75 Å². The first-order chi connectivity index (χ1) is 12.7. The van der Waals surface area contributed by atoms with Crippen molar-refractivity contribution >= 4 is 0 Å². The number of aliphatic hydroxyl groups excluding tert-OH is 1. The van der Waals surface area contributed by atoms with Gasteiger partial charge in [0.05, 0.1) is 24.6 Å². The molecule has 1 atom stereocenters. The van der Waals surface area contributed by atoms with Gasteiger partial charge in [0.2, 0.25) is 0 Å². The Balaban J connectivity index is 1.73. The molecule has 2 heterocycles. The zero-order valence-corrected chi connectivity index (χ0v) is 14.9. The molecular formula is C21H23N3O2. The van der Waals surface area contributed by atoms with Crippen molar-refractivity contribution in [2.45, 2.75) is 19.1 Å². The number of rotatable bonds is 5. The highest BCUT2D eigenvalue weighted by Gasteiger charge is 2.22. The Morgan fingerprint density at radius 2 is 2.00 bits per heavy atom. The second-order valence-corrected chi connectivity index (χ2v) is 6.69. The normalized spacial score (nSPS) is 17.5. The molecule has 4 rings (SSSR count).